The van der Waals surface area contributed by atoms with Crippen LogP contribution in [0.1, 0.15) is 37.6 Å². The number of halogens is 1. The van der Waals surface area contributed by atoms with Gasteiger partial charge in [0.05, 0.1) is 10.7 Å². The third-order valence-electron chi connectivity index (χ3n) is 3.33. The van der Waals surface area contributed by atoms with Gasteiger partial charge in [-0.05, 0) is 44.5 Å². The van der Waals surface area contributed by atoms with Crippen molar-refractivity contribution in [2.75, 3.05) is 6.54 Å². The van der Waals surface area contributed by atoms with Crippen LogP contribution in [0.3, 0.4) is 0 Å². The quantitative estimate of drug-likeness (QED) is 0.868. The minimum atomic E-state index is 0.274. The van der Waals surface area contributed by atoms with Crippen molar-refractivity contribution in [3.05, 3.63) is 40.5 Å². The predicted molar refractivity (Wildman–Crippen MR) is 86.2 cm³/mol. The van der Waals surface area contributed by atoms with Crippen molar-refractivity contribution in [3.63, 3.8) is 0 Å². The highest BCUT2D eigenvalue weighted by molar-refractivity contribution is 6.32. The first-order chi connectivity index (χ1) is 10.0. The molecule has 1 aromatic heterocycles. The molecule has 4 nitrogen and oxygen atoms in total. The second-order valence-corrected chi connectivity index (χ2v) is 5.62. The van der Waals surface area contributed by atoms with Crippen LogP contribution in [-0.2, 0) is 7.05 Å². The largest absolute Gasteiger partial charge is 0.438 e. The number of hydrogen-bond donors (Lipinski definition) is 1. The third-order valence-corrected chi connectivity index (χ3v) is 3.63. The highest BCUT2D eigenvalue weighted by atomic mass is 35.5. The number of benzene rings is 1. The van der Waals surface area contributed by atoms with Crippen LogP contribution in [0, 0.1) is 6.92 Å². The van der Waals surface area contributed by atoms with Crippen LogP contribution in [0.5, 0.6) is 11.6 Å². The van der Waals surface area contributed by atoms with E-state index in [0.29, 0.717) is 16.7 Å². The van der Waals surface area contributed by atoms with E-state index in [0.717, 1.165) is 24.2 Å². The highest BCUT2D eigenvalue weighted by Gasteiger charge is 2.11. The van der Waals surface area contributed by atoms with Crippen LogP contribution in [-0.4, -0.2) is 16.3 Å². The molecule has 21 heavy (non-hydrogen) atoms. The Bertz CT molecular complexity index is 610. The van der Waals surface area contributed by atoms with E-state index in [-0.39, 0.29) is 6.04 Å². The average Bonchev–Trinajstić information content (AvgIpc) is 2.76. The summed E-state index contributed by atoms with van der Waals surface area (Å²) in [6.07, 6.45) is 1.11. The third kappa shape index (κ3) is 3.99. The topological polar surface area (TPSA) is 39.1 Å². The van der Waals surface area contributed by atoms with Gasteiger partial charge < -0.3 is 10.1 Å². The SMILES string of the molecule is CCCNC(C)c1ccc(Oc2cc(C)nn2C)c(Cl)c1. The molecule has 5 heteroatoms. The van der Waals surface area contributed by atoms with E-state index >= 15 is 0 Å². The summed E-state index contributed by atoms with van der Waals surface area (Å²) in [7, 11) is 1.85. The van der Waals surface area contributed by atoms with Crippen LogP contribution in [0.2, 0.25) is 5.02 Å². The first-order valence-electron chi connectivity index (χ1n) is 7.22. The Morgan fingerprint density at radius 2 is 2.14 bits per heavy atom. The molecular weight excluding hydrogens is 286 g/mol. The van der Waals surface area contributed by atoms with Gasteiger partial charge in [-0.15, -0.1) is 0 Å². The lowest BCUT2D eigenvalue weighted by atomic mass is 10.1. The van der Waals surface area contributed by atoms with E-state index in [4.69, 9.17) is 16.3 Å². The van der Waals surface area contributed by atoms with Gasteiger partial charge >= 0.3 is 0 Å². The predicted octanol–water partition coefficient (Wildman–Crippen LogP) is 4.23. The molecular formula is C16H22ClN3O. The number of aromatic nitrogens is 2. The zero-order valence-corrected chi connectivity index (χ0v) is 13.7. The molecule has 1 N–H and O–H groups in total. The second-order valence-electron chi connectivity index (χ2n) is 5.22. The summed E-state index contributed by atoms with van der Waals surface area (Å²) in [4.78, 5) is 0. The summed E-state index contributed by atoms with van der Waals surface area (Å²) in [5, 5.41) is 8.31. The Hall–Kier alpha value is -1.52. The van der Waals surface area contributed by atoms with Gasteiger partial charge in [0.25, 0.3) is 0 Å². The van der Waals surface area contributed by atoms with Gasteiger partial charge in [-0.3, -0.25) is 0 Å². The molecule has 1 aromatic carbocycles. The normalized spacial score (nSPS) is 12.4. The zero-order valence-electron chi connectivity index (χ0n) is 13.0. The van der Waals surface area contributed by atoms with E-state index in [1.807, 2.05) is 38.2 Å². The van der Waals surface area contributed by atoms with Crippen molar-refractivity contribution in [1.82, 2.24) is 15.1 Å². The molecule has 0 spiro atoms. The molecule has 0 fully saturated rings. The van der Waals surface area contributed by atoms with Gasteiger partial charge in [0, 0.05) is 19.2 Å². The summed E-state index contributed by atoms with van der Waals surface area (Å²) in [6.45, 7) is 7.20. The summed E-state index contributed by atoms with van der Waals surface area (Å²) >= 11 is 6.33. The minimum absolute atomic E-state index is 0.274. The molecule has 0 bridgehead atoms. The van der Waals surface area contributed by atoms with Crippen molar-refractivity contribution < 1.29 is 4.74 Å². The summed E-state index contributed by atoms with van der Waals surface area (Å²) in [6, 6.07) is 8.06. The Kier molecular flexibility index (Phi) is 5.26. The van der Waals surface area contributed by atoms with E-state index in [1.54, 1.807) is 4.68 Å². The smallest absolute Gasteiger partial charge is 0.217 e. The van der Waals surface area contributed by atoms with E-state index < -0.39 is 0 Å². The molecule has 1 unspecified atom stereocenters. The maximum atomic E-state index is 6.33. The summed E-state index contributed by atoms with van der Waals surface area (Å²) < 4.78 is 7.52. The lowest BCUT2D eigenvalue weighted by Gasteiger charge is -2.15. The molecule has 0 amide bonds. The number of nitrogens with zero attached hydrogens (tertiary/aromatic N) is 2. The highest BCUT2D eigenvalue weighted by Crippen LogP contribution is 2.31. The molecule has 0 saturated carbocycles. The van der Waals surface area contributed by atoms with Gasteiger partial charge in [0.2, 0.25) is 5.88 Å². The van der Waals surface area contributed by atoms with Crippen molar-refractivity contribution in [3.8, 4) is 11.6 Å². The van der Waals surface area contributed by atoms with Crippen molar-refractivity contribution in [1.29, 1.82) is 0 Å². The number of rotatable bonds is 6. The number of hydrogen-bond acceptors (Lipinski definition) is 3. The van der Waals surface area contributed by atoms with E-state index in [9.17, 15) is 0 Å². The van der Waals surface area contributed by atoms with Crippen molar-refractivity contribution in [2.45, 2.75) is 33.2 Å². The molecule has 2 rings (SSSR count). The Balaban J connectivity index is 2.14. The average molecular weight is 308 g/mol. The van der Waals surface area contributed by atoms with Gasteiger partial charge in [0.15, 0.2) is 0 Å². The summed E-state index contributed by atoms with van der Waals surface area (Å²) in [5.74, 6) is 1.32. The van der Waals surface area contributed by atoms with Crippen molar-refractivity contribution in [2.24, 2.45) is 7.05 Å². The Labute approximate surface area is 131 Å². The van der Waals surface area contributed by atoms with Crippen LogP contribution < -0.4 is 10.1 Å². The lowest BCUT2D eigenvalue weighted by Crippen LogP contribution is -2.19. The fraction of sp³-hybridized carbons (Fsp3) is 0.438. The first-order valence-corrected chi connectivity index (χ1v) is 7.60. The number of ether oxygens (including phenoxy) is 1. The van der Waals surface area contributed by atoms with Crippen LogP contribution in [0.25, 0.3) is 0 Å². The molecule has 1 heterocycles. The van der Waals surface area contributed by atoms with Gasteiger partial charge in [-0.1, -0.05) is 24.6 Å². The van der Waals surface area contributed by atoms with Crippen molar-refractivity contribution >= 4 is 11.6 Å². The number of aryl methyl sites for hydroxylation is 2. The summed E-state index contributed by atoms with van der Waals surface area (Å²) in [5.41, 5.74) is 2.07. The van der Waals surface area contributed by atoms with Gasteiger partial charge in [0.1, 0.15) is 5.75 Å². The van der Waals surface area contributed by atoms with Crippen LogP contribution in [0.4, 0.5) is 0 Å². The lowest BCUT2D eigenvalue weighted by molar-refractivity contribution is 0.430. The molecule has 0 aliphatic heterocycles. The van der Waals surface area contributed by atoms with Gasteiger partial charge in [-0.2, -0.15) is 5.10 Å². The fourth-order valence-corrected chi connectivity index (χ4v) is 2.37. The molecule has 2 aromatic rings. The van der Waals surface area contributed by atoms with Crippen LogP contribution in [0.15, 0.2) is 24.3 Å². The molecule has 114 valence electrons. The minimum Gasteiger partial charge on any atom is -0.438 e. The molecule has 0 saturated heterocycles. The van der Waals surface area contributed by atoms with E-state index in [2.05, 4.69) is 24.3 Å². The monoisotopic (exact) mass is 307 g/mol. The standard InChI is InChI=1S/C16H22ClN3O/c1-5-8-18-12(3)13-6-7-15(14(17)10-13)21-16-9-11(2)19-20(16)4/h6-7,9-10,12,18H,5,8H2,1-4H3. The maximum absolute atomic E-state index is 6.33. The van der Waals surface area contributed by atoms with E-state index in [1.165, 1.54) is 0 Å². The molecule has 0 aliphatic carbocycles. The molecule has 0 aliphatic rings. The van der Waals surface area contributed by atoms with Gasteiger partial charge in [-0.25, -0.2) is 4.68 Å². The first kappa shape index (κ1) is 15.9. The maximum Gasteiger partial charge on any atom is 0.217 e. The fourth-order valence-electron chi connectivity index (χ4n) is 2.14. The van der Waals surface area contributed by atoms with Crippen LogP contribution >= 0.6 is 11.6 Å². The Morgan fingerprint density at radius 3 is 2.71 bits per heavy atom. The Morgan fingerprint density at radius 1 is 1.38 bits per heavy atom. The zero-order chi connectivity index (χ0) is 15.4. The second kappa shape index (κ2) is 6.96. The molecule has 0 radical (unpaired) electrons. The molecule has 1 atom stereocenters. The number of nitrogens with one attached hydrogen (secondary N) is 1.